The summed E-state index contributed by atoms with van der Waals surface area (Å²) in [6.45, 7) is 0. The lowest BCUT2D eigenvalue weighted by Gasteiger charge is -2.11. The number of hydrogen-bond acceptors (Lipinski definition) is 3. The molecule has 0 bridgehead atoms. The van der Waals surface area contributed by atoms with Gasteiger partial charge in [0, 0.05) is 11.4 Å². The van der Waals surface area contributed by atoms with Gasteiger partial charge in [0.1, 0.15) is 0 Å². The van der Waals surface area contributed by atoms with E-state index in [1.165, 1.54) is 6.07 Å². The molecule has 2 aromatic rings. The highest BCUT2D eigenvalue weighted by Gasteiger charge is 2.30. The van der Waals surface area contributed by atoms with Crippen LogP contribution in [0.15, 0.2) is 42.5 Å². The third-order valence-electron chi connectivity index (χ3n) is 2.57. The Morgan fingerprint density at radius 1 is 0.842 bits per heavy atom. The maximum Gasteiger partial charge on any atom is 0.416 e. The van der Waals surface area contributed by atoms with Crippen molar-refractivity contribution in [3.05, 3.63) is 48.0 Å². The smallest absolute Gasteiger partial charge is 0.397 e. The summed E-state index contributed by atoms with van der Waals surface area (Å²) in [4.78, 5) is 0. The molecule has 0 aliphatic heterocycles. The summed E-state index contributed by atoms with van der Waals surface area (Å²) in [5.74, 6) is 0. The van der Waals surface area contributed by atoms with E-state index >= 15 is 0 Å². The standard InChI is InChI=1S/C13H12F3N3/c14-13(15,16)8-2-1-3-9(6-8)19-10-4-5-11(17)12(18)7-10/h1-7,19H,17-18H2. The van der Waals surface area contributed by atoms with Crippen molar-refractivity contribution < 1.29 is 13.2 Å². The zero-order valence-corrected chi connectivity index (χ0v) is 9.83. The van der Waals surface area contributed by atoms with Gasteiger partial charge in [-0.05, 0) is 36.4 Å². The maximum atomic E-state index is 12.6. The number of halogens is 3. The Hall–Kier alpha value is -2.37. The van der Waals surface area contributed by atoms with E-state index in [4.69, 9.17) is 11.5 Å². The van der Waals surface area contributed by atoms with Crippen molar-refractivity contribution in [3.63, 3.8) is 0 Å². The molecule has 3 nitrogen and oxygen atoms in total. The van der Waals surface area contributed by atoms with Crippen molar-refractivity contribution in [2.75, 3.05) is 16.8 Å². The highest BCUT2D eigenvalue weighted by Crippen LogP contribution is 2.31. The SMILES string of the molecule is Nc1ccc(Nc2cccc(C(F)(F)F)c2)cc1N. The molecule has 6 heteroatoms. The van der Waals surface area contributed by atoms with E-state index in [-0.39, 0.29) is 0 Å². The highest BCUT2D eigenvalue weighted by atomic mass is 19.4. The van der Waals surface area contributed by atoms with Crippen LogP contribution in [0.4, 0.5) is 35.9 Å². The minimum Gasteiger partial charge on any atom is -0.397 e. The zero-order valence-electron chi connectivity index (χ0n) is 9.83. The number of benzene rings is 2. The molecule has 0 radical (unpaired) electrons. The minimum absolute atomic E-state index is 0.332. The number of nitrogen functional groups attached to an aromatic ring is 2. The van der Waals surface area contributed by atoms with Gasteiger partial charge in [-0.15, -0.1) is 0 Å². The van der Waals surface area contributed by atoms with Gasteiger partial charge in [-0.1, -0.05) is 6.07 Å². The first kappa shape index (κ1) is 13.1. The van der Waals surface area contributed by atoms with Gasteiger partial charge in [0.05, 0.1) is 16.9 Å². The molecule has 0 fully saturated rings. The van der Waals surface area contributed by atoms with E-state index < -0.39 is 11.7 Å². The fourth-order valence-corrected chi connectivity index (χ4v) is 1.59. The first-order valence-corrected chi connectivity index (χ1v) is 5.45. The van der Waals surface area contributed by atoms with Crippen LogP contribution in [0, 0.1) is 0 Å². The maximum absolute atomic E-state index is 12.6. The number of nitrogens with two attached hydrogens (primary N) is 2. The first-order valence-electron chi connectivity index (χ1n) is 5.45. The van der Waals surface area contributed by atoms with Crippen LogP contribution in [0.1, 0.15) is 5.56 Å². The topological polar surface area (TPSA) is 64.1 Å². The Kier molecular flexibility index (Phi) is 3.25. The van der Waals surface area contributed by atoms with Gasteiger partial charge < -0.3 is 16.8 Å². The zero-order chi connectivity index (χ0) is 14.0. The second-order valence-corrected chi connectivity index (χ2v) is 4.05. The molecule has 0 atom stereocenters. The second kappa shape index (κ2) is 4.72. The molecule has 0 aliphatic rings. The predicted molar refractivity (Wildman–Crippen MR) is 70.0 cm³/mol. The lowest BCUT2D eigenvalue weighted by molar-refractivity contribution is -0.137. The Morgan fingerprint density at radius 3 is 2.16 bits per heavy atom. The molecule has 0 saturated heterocycles. The fraction of sp³-hybridized carbons (Fsp3) is 0.0769. The summed E-state index contributed by atoms with van der Waals surface area (Å²) in [6.07, 6.45) is -4.36. The summed E-state index contributed by atoms with van der Waals surface area (Å²) in [5, 5.41) is 2.85. The molecule has 0 heterocycles. The van der Waals surface area contributed by atoms with Crippen LogP contribution < -0.4 is 16.8 Å². The van der Waals surface area contributed by atoms with Crippen LogP contribution in [-0.2, 0) is 6.18 Å². The molecule has 5 N–H and O–H groups in total. The van der Waals surface area contributed by atoms with Crippen molar-refractivity contribution in [1.29, 1.82) is 0 Å². The van der Waals surface area contributed by atoms with Crippen molar-refractivity contribution in [2.24, 2.45) is 0 Å². The number of anilines is 4. The summed E-state index contributed by atoms with van der Waals surface area (Å²) >= 11 is 0. The lowest BCUT2D eigenvalue weighted by Crippen LogP contribution is -2.05. The molecule has 0 aliphatic carbocycles. The molecule has 100 valence electrons. The third-order valence-corrected chi connectivity index (χ3v) is 2.57. The molecular weight excluding hydrogens is 255 g/mol. The number of hydrogen-bond donors (Lipinski definition) is 3. The van der Waals surface area contributed by atoms with E-state index in [2.05, 4.69) is 5.32 Å². The van der Waals surface area contributed by atoms with Crippen molar-refractivity contribution in [3.8, 4) is 0 Å². The molecule has 0 spiro atoms. The largest absolute Gasteiger partial charge is 0.416 e. The normalized spacial score (nSPS) is 11.3. The second-order valence-electron chi connectivity index (χ2n) is 4.05. The number of nitrogens with one attached hydrogen (secondary N) is 1. The quantitative estimate of drug-likeness (QED) is 0.728. The number of alkyl halides is 3. The van der Waals surface area contributed by atoms with Crippen LogP contribution in [0.5, 0.6) is 0 Å². The summed E-state index contributed by atoms with van der Waals surface area (Å²) in [7, 11) is 0. The van der Waals surface area contributed by atoms with Gasteiger partial charge in [0.15, 0.2) is 0 Å². The fourth-order valence-electron chi connectivity index (χ4n) is 1.59. The van der Waals surface area contributed by atoms with Crippen LogP contribution in [0.3, 0.4) is 0 Å². The van der Waals surface area contributed by atoms with E-state index in [9.17, 15) is 13.2 Å². The summed E-state index contributed by atoms with van der Waals surface area (Å²) < 4.78 is 37.7. The molecule has 0 aromatic heterocycles. The summed E-state index contributed by atoms with van der Waals surface area (Å²) in [6, 6.07) is 9.73. The van der Waals surface area contributed by atoms with Crippen molar-refractivity contribution in [2.45, 2.75) is 6.18 Å². The van der Waals surface area contributed by atoms with Crippen molar-refractivity contribution in [1.82, 2.24) is 0 Å². The Labute approximate surface area is 108 Å². The van der Waals surface area contributed by atoms with Crippen LogP contribution in [-0.4, -0.2) is 0 Å². The van der Waals surface area contributed by atoms with Gasteiger partial charge >= 0.3 is 6.18 Å². The van der Waals surface area contributed by atoms with Gasteiger partial charge in [-0.3, -0.25) is 0 Å². The Bertz CT molecular complexity index is 594. The summed E-state index contributed by atoms with van der Waals surface area (Å²) in [5.41, 5.74) is 12.2. The molecule has 2 rings (SSSR count). The average molecular weight is 267 g/mol. The average Bonchev–Trinajstić information content (AvgIpc) is 2.33. The van der Waals surface area contributed by atoms with Gasteiger partial charge in [-0.2, -0.15) is 13.2 Å². The lowest BCUT2D eigenvalue weighted by atomic mass is 10.2. The van der Waals surface area contributed by atoms with Gasteiger partial charge in [0.2, 0.25) is 0 Å². The molecule has 2 aromatic carbocycles. The van der Waals surface area contributed by atoms with Crippen LogP contribution in [0.25, 0.3) is 0 Å². The van der Waals surface area contributed by atoms with E-state index in [1.807, 2.05) is 0 Å². The van der Waals surface area contributed by atoms with Crippen molar-refractivity contribution >= 4 is 22.7 Å². The van der Waals surface area contributed by atoms with E-state index in [0.29, 0.717) is 22.7 Å². The van der Waals surface area contributed by atoms with Crippen LogP contribution >= 0.6 is 0 Å². The monoisotopic (exact) mass is 267 g/mol. The van der Waals surface area contributed by atoms with E-state index in [0.717, 1.165) is 12.1 Å². The first-order chi connectivity index (χ1) is 8.86. The molecule has 19 heavy (non-hydrogen) atoms. The Morgan fingerprint density at radius 2 is 1.53 bits per heavy atom. The molecule has 0 saturated carbocycles. The van der Waals surface area contributed by atoms with Gasteiger partial charge in [-0.25, -0.2) is 0 Å². The predicted octanol–water partition coefficient (Wildman–Crippen LogP) is 3.61. The third kappa shape index (κ3) is 3.09. The highest BCUT2D eigenvalue weighted by molar-refractivity contribution is 5.72. The van der Waals surface area contributed by atoms with Crippen LogP contribution in [0.2, 0.25) is 0 Å². The Balaban J connectivity index is 2.26. The van der Waals surface area contributed by atoms with E-state index in [1.54, 1.807) is 24.3 Å². The number of rotatable bonds is 2. The van der Waals surface area contributed by atoms with Gasteiger partial charge in [0.25, 0.3) is 0 Å². The molecule has 0 unspecified atom stereocenters. The molecule has 0 amide bonds. The minimum atomic E-state index is -4.36. The molecular formula is C13H12F3N3.